The third-order valence-electron chi connectivity index (χ3n) is 3.04. The summed E-state index contributed by atoms with van der Waals surface area (Å²) in [6.45, 7) is 9.00. The van der Waals surface area contributed by atoms with Crippen LogP contribution in [0.2, 0.25) is 0 Å². The number of hydrogen-bond acceptors (Lipinski definition) is 3. The Bertz CT molecular complexity index is 209. The van der Waals surface area contributed by atoms with E-state index in [4.69, 9.17) is 0 Å². The van der Waals surface area contributed by atoms with Crippen LogP contribution in [0, 0.1) is 5.92 Å². The summed E-state index contributed by atoms with van der Waals surface area (Å²) in [5.74, 6) is 1.54. The molecular weight excluding hydrogens is 208 g/mol. The molecule has 90 valence electrons. The fraction of sp³-hybridized carbons (Fsp3) is 1.00. The summed E-state index contributed by atoms with van der Waals surface area (Å²) >= 11 is 0. The molecule has 0 amide bonds. The quantitative estimate of drug-likeness (QED) is 0.757. The average Bonchev–Trinajstić information content (AvgIpc) is 2.17. The van der Waals surface area contributed by atoms with Gasteiger partial charge in [0.15, 0.2) is 0 Å². The van der Waals surface area contributed by atoms with Gasteiger partial charge in [0, 0.05) is 48.5 Å². The van der Waals surface area contributed by atoms with Crippen LogP contribution < -0.4 is 5.32 Å². The fourth-order valence-electron chi connectivity index (χ4n) is 2.17. The van der Waals surface area contributed by atoms with Crippen LogP contribution in [-0.2, 0) is 10.8 Å². The van der Waals surface area contributed by atoms with Crippen molar-refractivity contribution in [1.29, 1.82) is 0 Å². The highest BCUT2D eigenvalue weighted by Crippen LogP contribution is 2.13. The topological polar surface area (TPSA) is 32.3 Å². The van der Waals surface area contributed by atoms with Crippen molar-refractivity contribution in [3.8, 4) is 0 Å². The van der Waals surface area contributed by atoms with Crippen LogP contribution in [0.1, 0.15) is 20.3 Å². The molecule has 2 unspecified atom stereocenters. The summed E-state index contributed by atoms with van der Waals surface area (Å²) in [6.07, 6.45) is 2.85. The Morgan fingerprint density at radius 3 is 2.87 bits per heavy atom. The second-order valence-corrected chi connectivity index (χ2v) is 6.24. The first kappa shape index (κ1) is 13.1. The smallest absolute Gasteiger partial charge is 0.0244 e. The fourth-order valence-corrected chi connectivity index (χ4v) is 2.71. The van der Waals surface area contributed by atoms with Crippen LogP contribution in [0.3, 0.4) is 0 Å². The maximum Gasteiger partial charge on any atom is 0.0244 e. The van der Waals surface area contributed by atoms with Crippen molar-refractivity contribution in [3.05, 3.63) is 0 Å². The summed E-state index contributed by atoms with van der Waals surface area (Å²) in [5.41, 5.74) is 0. The highest BCUT2D eigenvalue weighted by molar-refractivity contribution is 7.84. The average molecular weight is 232 g/mol. The summed E-state index contributed by atoms with van der Waals surface area (Å²) < 4.78 is 11.0. The van der Waals surface area contributed by atoms with Gasteiger partial charge in [0.05, 0.1) is 0 Å². The predicted octanol–water partition coefficient (Wildman–Crippen LogP) is 0.685. The zero-order valence-corrected chi connectivity index (χ0v) is 11.0. The SMILES string of the molecule is CC(C)C1CNCCN1CCCS(C)=O. The Morgan fingerprint density at radius 1 is 1.53 bits per heavy atom. The second kappa shape index (κ2) is 6.61. The Labute approximate surface area is 96.1 Å². The van der Waals surface area contributed by atoms with Crippen molar-refractivity contribution >= 4 is 10.8 Å². The largest absolute Gasteiger partial charge is 0.314 e. The van der Waals surface area contributed by atoms with Gasteiger partial charge in [0.2, 0.25) is 0 Å². The molecule has 4 heteroatoms. The van der Waals surface area contributed by atoms with Crippen LogP contribution in [0.5, 0.6) is 0 Å². The molecule has 0 aromatic heterocycles. The van der Waals surface area contributed by atoms with Crippen molar-refractivity contribution in [2.45, 2.75) is 26.3 Å². The summed E-state index contributed by atoms with van der Waals surface area (Å²) in [7, 11) is -0.634. The van der Waals surface area contributed by atoms with E-state index in [1.807, 2.05) is 0 Å². The van der Waals surface area contributed by atoms with Crippen LogP contribution in [0.15, 0.2) is 0 Å². The molecule has 15 heavy (non-hydrogen) atoms. The summed E-state index contributed by atoms with van der Waals surface area (Å²) in [6, 6.07) is 0.657. The van der Waals surface area contributed by atoms with E-state index in [-0.39, 0.29) is 0 Å². The molecule has 0 spiro atoms. The molecule has 1 fully saturated rings. The highest BCUT2D eigenvalue weighted by atomic mass is 32.2. The third kappa shape index (κ3) is 4.62. The Kier molecular flexibility index (Phi) is 5.79. The molecule has 0 aromatic carbocycles. The van der Waals surface area contributed by atoms with E-state index in [9.17, 15) is 4.21 Å². The zero-order valence-electron chi connectivity index (χ0n) is 10.2. The van der Waals surface area contributed by atoms with Gasteiger partial charge in [-0.3, -0.25) is 9.11 Å². The third-order valence-corrected chi connectivity index (χ3v) is 3.91. The summed E-state index contributed by atoms with van der Waals surface area (Å²) in [5, 5.41) is 3.44. The van der Waals surface area contributed by atoms with E-state index in [0.29, 0.717) is 12.0 Å². The molecule has 1 aliphatic heterocycles. The molecular formula is C11H24N2OS. The molecule has 3 nitrogen and oxygen atoms in total. The number of nitrogens with one attached hydrogen (secondary N) is 1. The maximum absolute atomic E-state index is 11.0. The van der Waals surface area contributed by atoms with E-state index in [1.165, 1.54) is 0 Å². The molecule has 1 N–H and O–H groups in total. The molecule has 0 aromatic rings. The monoisotopic (exact) mass is 232 g/mol. The molecule has 1 saturated heterocycles. The first-order chi connectivity index (χ1) is 7.11. The van der Waals surface area contributed by atoms with E-state index in [2.05, 4.69) is 24.1 Å². The lowest BCUT2D eigenvalue weighted by atomic mass is 10.0. The number of nitrogens with zero attached hydrogens (tertiary/aromatic N) is 1. The van der Waals surface area contributed by atoms with Gasteiger partial charge in [-0.05, 0) is 18.9 Å². The van der Waals surface area contributed by atoms with Gasteiger partial charge >= 0.3 is 0 Å². The van der Waals surface area contributed by atoms with Crippen molar-refractivity contribution in [2.24, 2.45) is 5.92 Å². The van der Waals surface area contributed by atoms with Crippen LogP contribution >= 0.6 is 0 Å². The van der Waals surface area contributed by atoms with Crippen LogP contribution in [-0.4, -0.2) is 53.3 Å². The number of rotatable bonds is 5. The van der Waals surface area contributed by atoms with E-state index >= 15 is 0 Å². The normalized spacial score (nSPS) is 25.7. The molecule has 0 bridgehead atoms. The molecule has 1 heterocycles. The molecule has 1 rings (SSSR count). The number of piperazine rings is 1. The molecule has 0 radical (unpaired) electrons. The van der Waals surface area contributed by atoms with Gasteiger partial charge in [-0.25, -0.2) is 0 Å². The number of hydrogen-bond donors (Lipinski definition) is 1. The molecule has 2 atom stereocenters. The van der Waals surface area contributed by atoms with E-state index in [1.54, 1.807) is 6.26 Å². The molecule has 0 aliphatic carbocycles. The van der Waals surface area contributed by atoms with Crippen molar-refractivity contribution < 1.29 is 4.21 Å². The van der Waals surface area contributed by atoms with E-state index in [0.717, 1.165) is 38.4 Å². The maximum atomic E-state index is 11.0. The molecule has 0 saturated carbocycles. The standard InChI is InChI=1S/C11H24N2OS/c1-10(2)11-9-12-5-7-13(11)6-4-8-15(3)14/h10-12H,4-9H2,1-3H3. The molecule has 1 aliphatic rings. The lowest BCUT2D eigenvalue weighted by Gasteiger charge is -2.38. The van der Waals surface area contributed by atoms with Gasteiger partial charge in [0.25, 0.3) is 0 Å². The van der Waals surface area contributed by atoms with Gasteiger partial charge in [-0.15, -0.1) is 0 Å². The Hall–Kier alpha value is 0.0700. The Morgan fingerprint density at radius 2 is 2.27 bits per heavy atom. The lowest BCUT2D eigenvalue weighted by molar-refractivity contribution is 0.125. The van der Waals surface area contributed by atoms with Gasteiger partial charge in [0.1, 0.15) is 0 Å². The minimum absolute atomic E-state index is 0.634. The van der Waals surface area contributed by atoms with Crippen LogP contribution in [0.4, 0.5) is 0 Å². The predicted molar refractivity (Wildman–Crippen MR) is 66.6 cm³/mol. The lowest BCUT2D eigenvalue weighted by Crippen LogP contribution is -2.53. The van der Waals surface area contributed by atoms with Crippen molar-refractivity contribution in [3.63, 3.8) is 0 Å². The Balaban J connectivity index is 2.32. The van der Waals surface area contributed by atoms with Gasteiger partial charge in [-0.2, -0.15) is 0 Å². The second-order valence-electron chi connectivity index (χ2n) is 4.68. The first-order valence-corrected chi connectivity index (χ1v) is 7.58. The first-order valence-electron chi connectivity index (χ1n) is 5.86. The minimum Gasteiger partial charge on any atom is -0.314 e. The highest BCUT2D eigenvalue weighted by Gasteiger charge is 2.23. The van der Waals surface area contributed by atoms with Crippen LogP contribution in [0.25, 0.3) is 0 Å². The van der Waals surface area contributed by atoms with Crippen molar-refractivity contribution in [1.82, 2.24) is 10.2 Å². The zero-order chi connectivity index (χ0) is 11.3. The van der Waals surface area contributed by atoms with Gasteiger partial charge in [-0.1, -0.05) is 13.8 Å². The van der Waals surface area contributed by atoms with Crippen molar-refractivity contribution in [2.75, 3.05) is 38.2 Å². The van der Waals surface area contributed by atoms with E-state index < -0.39 is 10.8 Å². The minimum atomic E-state index is -0.634. The summed E-state index contributed by atoms with van der Waals surface area (Å²) in [4.78, 5) is 2.55. The van der Waals surface area contributed by atoms with Gasteiger partial charge < -0.3 is 5.32 Å².